The molecule has 95 valence electrons. The fraction of sp³-hybridized carbons (Fsp3) is 0.667. The summed E-state index contributed by atoms with van der Waals surface area (Å²) in [5.74, 6) is 1.53. The van der Waals surface area contributed by atoms with Crippen LogP contribution in [0.25, 0.3) is 0 Å². The van der Waals surface area contributed by atoms with Gasteiger partial charge >= 0.3 is 0 Å². The minimum absolute atomic E-state index is 0.696. The van der Waals surface area contributed by atoms with E-state index in [0.717, 1.165) is 25.4 Å². The Kier molecular flexibility index (Phi) is 5.27. The van der Waals surface area contributed by atoms with Gasteiger partial charge in [-0.1, -0.05) is 18.2 Å². The van der Waals surface area contributed by atoms with Gasteiger partial charge < -0.3 is 10.1 Å². The van der Waals surface area contributed by atoms with Crippen LogP contribution < -0.4 is 5.32 Å². The maximum atomic E-state index is 5.28. The number of hydrogen-bond donors (Lipinski definition) is 1. The van der Waals surface area contributed by atoms with Crippen molar-refractivity contribution >= 4 is 0 Å². The van der Waals surface area contributed by atoms with E-state index in [1.807, 2.05) is 0 Å². The van der Waals surface area contributed by atoms with Gasteiger partial charge in [-0.3, -0.25) is 0 Å². The first-order chi connectivity index (χ1) is 8.42. The average Bonchev–Trinajstić information content (AvgIpc) is 2.42. The van der Waals surface area contributed by atoms with Gasteiger partial charge in [0.15, 0.2) is 0 Å². The highest BCUT2D eigenvalue weighted by molar-refractivity contribution is 5.29. The third-order valence-electron chi connectivity index (χ3n) is 3.93. The fourth-order valence-electron chi connectivity index (χ4n) is 2.97. The molecule has 2 aliphatic rings. The van der Waals surface area contributed by atoms with Crippen LogP contribution in [0.3, 0.4) is 0 Å². The van der Waals surface area contributed by atoms with Gasteiger partial charge in [0.2, 0.25) is 0 Å². The summed E-state index contributed by atoms with van der Waals surface area (Å²) in [5.41, 5.74) is 1.54. The third-order valence-corrected chi connectivity index (χ3v) is 3.93. The lowest BCUT2D eigenvalue weighted by atomic mass is 9.77. The van der Waals surface area contributed by atoms with Gasteiger partial charge in [0.05, 0.1) is 0 Å². The van der Waals surface area contributed by atoms with Gasteiger partial charge in [0.1, 0.15) is 0 Å². The van der Waals surface area contributed by atoms with Crippen LogP contribution in [0, 0.1) is 18.3 Å². The van der Waals surface area contributed by atoms with Crippen LogP contribution in [0.2, 0.25) is 0 Å². The lowest BCUT2D eigenvalue weighted by Crippen LogP contribution is -2.32. The van der Waals surface area contributed by atoms with Crippen LogP contribution in [-0.4, -0.2) is 26.8 Å². The minimum atomic E-state index is 0.696. The lowest BCUT2D eigenvalue weighted by molar-refractivity contribution is 0.162. The minimum Gasteiger partial charge on any atom is -0.385 e. The Morgan fingerprint density at radius 2 is 2.24 bits per heavy atom. The lowest BCUT2D eigenvalue weighted by Gasteiger charge is -2.32. The Bertz CT molecular complexity index is 277. The molecule has 1 atom stereocenters. The summed E-state index contributed by atoms with van der Waals surface area (Å²) < 4.78 is 5.28. The Morgan fingerprint density at radius 3 is 2.88 bits per heavy atom. The molecule has 1 aliphatic carbocycles. The highest BCUT2D eigenvalue weighted by Crippen LogP contribution is 2.33. The van der Waals surface area contributed by atoms with Crippen LogP contribution in [0.1, 0.15) is 25.7 Å². The molecule has 0 aromatic heterocycles. The topological polar surface area (TPSA) is 21.3 Å². The Balaban J connectivity index is 2.00. The maximum Gasteiger partial charge on any atom is 0.0468 e. The highest BCUT2D eigenvalue weighted by Gasteiger charge is 2.25. The van der Waals surface area contributed by atoms with E-state index >= 15 is 0 Å². The monoisotopic (exact) mass is 234 g/mol. The molecule has 1 fully saturated rings. The van der Waals surface area contributed by atoms with Crippen molar-refractivity contribution in [1.29, 1.82) is 0 Å². The Labute approximate surface area is 105 Å². The molecule has 1 N–H and O–H groups in total. The zero-order valence-corrected chi connectivity index (χ0v) is 10.8. The van der Waals surface area contributed by atoms with E-state index in [-0.39, 0.29) is 0 Å². The molecule has 0 aromatic rings. The predicted octanol–water partition coefficient (Wildman–Crippen LogP) is 2.73. The molecule has 17 heavy (non-hydrogen) atoms. The zero-order chi connectivity index (χ0) is 11.9. The van der Waals surface area contributed by atoms with Crippen molar-refractivity contribution in [2.45, 2.75) is 25.7 Å². The molecule has 0 aromatic carbocycles. The number of piperidine rings is 1. The number of ether oxygens (including phenoxy) is 1. The molecular weight excluding hydrogens is 210 g/mol. The zero-order valence-electron chi connectivity index (χ0n) is 10.8. The third kappa shape index (κ3) is 3.68. The van der Waals surface area contributed by atoms with E-state index in [4.69, 9.17) is 4.74 Å². The summed E-state index contributed by atoms with van der Waals surface area (Å²) in [6, 6.07) is 0. The first-order valence-corrected chi connectivity index (χ1v) is 6.81. The van der Waals surface area contributed by atoms with Gasteiger partial charge in [-0.05, 0) is 62.6 Å². The summed E-state index contributed by atoms with van der Waals surface area (Å²) in [7, 11) is 1.80. The van der Waals surface area contributed by atoms with E-state index in [1.54, 1.807) is 7.11 Å². The van der Waals surface area contributed by atoms with E-state index < -0.39 is 0 Å². The number of nitrogens with one attached hydrogen (secondary N) is 1. The Morgan fingerprint density at radius 1 is 1.41 bits per heavy atom. The molecule has 1 radical (unpaired) electrons. The summed E-state index contributed by atoms with van der Waals surface area (Å²) in [4.78, 5) is 0. The Hall–Kier alpha value is -0.600. The summed E-state index contributed by atoms with van der Waals surface area (Å²) in [6.07, 6.45) is 14.0. The van der Waals surface area contributed by atoms with Crippen molar-refractivity contribution in [3.63, 3.8) is 0 Å². The van der Waals surface area contributed by atoms with Crippen molar-refractivity contribution in [3.05, 3.63) is 30.2 Å². The molecule has 2 nitrogen and oxygen atoms in total. The smallest absolute Gasteiger partial charge is 0.0468 e. The van der Waals surface area contributed by atoms with Crippen LogP contribution in [0.4, 0.5) is 0 Å². The van der Waals surface area contributed by atoms with Gasteiger partial charge in [-0.15, -0.1) is 0 Å². The van der Waals surface area contributed by atoms with Crippen molar-refractivity contribution in [1.82, 2.24) is 5.32 Å². The molecular formula is C15H24NO. The average molecular weight is 234 g/mol. The molecule has 0 spiro atoms. The molecule has 1 unspecified atom stereocenters. The quantitative estimate of drug-likeness (QED) is 0.789. The van der Waals surface area contributed by atoms with Gasteiger partial charge in [-0.2, -0.15) is 0 Å². The fourth-order valence-corrected chi connectivity index (χ4v) is 2.97. The predicted molar refractivity (Wildman–Crippen MR) is 71.7 cm³/mol. The first-order valence-electron chi connectivity index (χ1n) is 6.81. The molecule has 2 rings (SSSR count). The van der Waals surface area contributed by atoms with Gasteiger partial charge in [0, 0.05) is 13.7 Å². The van der Waals surface area contributed by atoms with Crippen molar-refractivity contribution < 1.29 is 4.74 Å². The molecule has 0 amide bonds. The van der Waals surface area contributed by atoms with Gasteiger partial charge in [-0.25, -0.2) is 0 Å². The van der Waals surface area contributed by atoms with Gasteiger partial charge in [0.25, 0.3) is 0 Å². The van der Waals surface area contributed by atoms with Crippen molar-refractivity contribution in [3.8, 4) is 0 Å². The van der Waals surface area contributed by atoms with Crippen LogP contribution >= 0.6 is 0 Å². The van der Waals surface area contributed by atoms with Crippen molar-refractivity contribution in [2.24, 2.45) is 11.8 Å². The summed E-state index contributed by atoms with van der Waals surface area (Å²) in [6.45, 7) is 3.23. The second-order valence-electron chi connectivity index (χ2n) is 5.01. The van der Waals surface area contributed by atoms with Crippen LogP contribution in [-0.2, 0) is 4.74 Å². The molecule has 1 saturated heterocycles. The van der Waals surface area contributed by atoms with Crippen LogP contribution in [0.5, 0.6) is 0 Å². The SMILES string of the molecule is COCCC(C1=CC[CH]C=C1)C1CCNCC1. The normalized spacial score (nSPS) is 23.5. The summed E-state index contributed by atoms with van der Waals surface area (Å²) in [5, 5.41) is 3.45. The highest BCUT2D eigenvalue weighted by atomic mass is 16.5. The molecule has 2 heteroatoms. The molecule has 0 bridgehead atoms. The maximum absolute atomic E-state index is 5.28. The first kappa shape index (κ1) is 12.8. The van der Waals surface area contributed by atoms with E-state index in [1.165, 1.54) is 31.5 Å². The summed E-state index contributed by atoms with van der Waals surface area (Å²) >= 11 is 0. The molecule has 0 saturated carbocycles. The number of rotatable bonds is 5. The van der Waals surface area contributed by atoms with E-state index in [0.29, 0.717) is 5.92 Å². The standard InChI is InChI=1S/C15H24NO/c1-17-12-9-15(13-5-3-2-4-6-13)14-7-10-16-11-8-14/h2-3,5-6,14-16H,4,7-12H2,1H3. The van der Waals surface area contributed by atoms with E-state index in [9.17, 15) is 0 Å². The molecule has 1 heterocycles. The number of allylic oxidation sites excluding steroid dienone is 4. The van der Waals surface area contributed by atoms with Crippen LogP contribution in [0.15, 0.2) is 23.8 Å². The second kappa shape index (κ2) is 6.97. The van der Waals surface area contributed by atoms with Crippen molar-refractivity contribution in [2.75, 3.05) is 26.8 Å². The van der Waals surface area contributed by atoms with E-state index in [2.05, 4.69) is 30.0 Å². The second-order valence-corrected chi connectivity index (χ2v) is 5.01. The molecule has 1 aliphatic heterocycles. The number of hydrogen-bond acceptors (Lipinski definition) is 2. The largest absolute Gasteiger partial charge is 0.385 e. The number of methoxy groups -OCH3 is 1.